The summed E-state index contributed by atoms with van der Waals surface area (Å²) in [5, 5.41) is 8.63. The van der Waals surface area contributed by atoms with E-state index in [0.29, 0.717) is 17.9 Å². The molecule has 130 valence electrons. The lowest BCUT2D eigenvalue weighted by molar-refractivity contribution is -0.139. The SMILES string of the molecule is Cc1ccc2c(c1)N(C(=O)c1ccc(OCC(=O)O)cc1)CCN2C. The molecule has 0 unspecified atom stereocenters. The molecule has 0 saturated heterocycles. The molecule has 0 atom stereocenters. The lowest BCUT2D eigenvalue weighted by Crippen LogP contribution is -2.42. The highest BCUT2D eigenvalue weighted by molar-refractivity contribution is 6.08. The van der Waals surface area contributed by atoms with Crippen molar-refractivity contribution in [2.75, 3.05) is 36.5 Å². The van der Waals surface area contributed by atoms with Crippen LogP contribution in [-0.4, -0.2) is 43.7 Å². The van der Waals surface area contributed by atoms with Gasteiger partial charge in [-0.1, -0.05) is 6.07 Å². The first-order valence-electron chi connectivity index (χ1n) is 8.04. The van der Waals surface area contributed by atoms with Gasteiger partial charge >= 0.3 is 5.97 Å². The fourth-order valence-corrected chi connectivity index (χ4v) is 2.87. The molecule has 1 heterocycles. The Kier molecular flexibility index (Phi) is 4.61. The first-order valence-corrected chi connectivity index (χ1v) is 8.04. The summed E-state index contributed by atoms with van der Waals surface area (Å²) in [6, 6.07) is 12.6. The molecule has 6 nitrogen and oxygen atoms in total. The molecule has 3 rings (SSSR count). The van der Waals surface area contributed by atoms with E-state index in [0.717, 1.165) is 23.5 Å². The van der Waals surface area contributed by atoms with Gasteiger partial charge in [0.2, 0.25) is 0 Å². The van der Waals surface area contributed by atoms with Crippen molar-refractivity contribution in [1.29, 1.82) is 0 Å². The minimum atomic E-state index is -1.04. The van der Waals surface area contributed by atoms with Crippen LogP contribution >= 0.6 is 0 Å². The molecule has 0 fully saturated rings. The summed E-state index contributed by atoms with van der Waals surface area (Å²) in [6.07, 6.45) is 0. The normalized spacial score (nSPS) is 13.4. The Labute approximate surface area is 146 Å². The van der Waals surface area contributed by atoms with Crippen molar-refractivity contribution in [3.63, 3.8) is 0 Å². The number of carbonyl (C=O) groups excluding carboxylic acids is 1. The number of aryl methyl sites for hydroxylation is 1. The maximum atomic E-state index is 12.9. The Morgan fingerprint density at radius 3 is 2.48 bits per heavy atom. The zero-order valence-electron chi connectivity index (χ0n) is 14.2. The molecule has 0 radical (unpaired) electrons. The highest BCUT2D eigenvalue weighted by atomic mass is 16.5. The van der Waals surface area contributed by atoms with Crippen molar-refractivity contribution in [1.82, 2.24) is 0 Å². The molecular formula is C19H20N2O4. The summed E-state index contributed by atoms with van der Waals surface area (Å²) in [7, 11) is 2.02. The van der Waals surface area contributed by atoms with Gasteiger partial charge in [-0.15, -0.1) is 0 Å². The number of carboxylic acid groups (broad SMARTS) is 1. The number of fused-ring (bicyclic) bond motifs is 1. The van der Waals surface area contributed by atoms with E-state index in [1.54, 1.807) is 29.2 Å². The molecule has 0 bridgehead atoms. The number of amides is 1. The lowest BCUT2D eigenvalue weighted by atomic mass is 10.1. The van der Waals surface area contributed by atoms with E-state index in [9.17, 15) is 9.59 Å². The van der Waals surface area contributed by atoms with Crippen molar-refractivity contribution >= 4 is 23.3 Å². The number of carbonyl (C=O) groups is 2. The third-order valence-electron chi connectivity index (χ3n) is 4.20. The summed E-state index contributed by atoms with van der Waals surface area (Å²) in [4.78, 5) is 27.4. The Morgan fingerprint density at radius 2 is 1.80 bits per heavy atom. The van der Waals surface area contributed by atoms with Gasteiger partial charge in [-0.2, -0.15) is 0 Å². The molecule has 1 aliphatic rings. The average Bonchev–Trinajstić information content (AvgIpc) is 2.60. The maximum absolute atomic E-state index is 12.9. The van der Waals surface area contributed by atoms with Crippen molar-refractivity contribution in [3.05, 3.63) is 53.6 Å². The molecule has 2 aromatic rings. The molecular weight excluding hydrogens is 320 g/mol. The summed E-state index contributed by atoms with van der Waals surface area (Å²) < 4.78 is 5.10. The molecule has 25 heavy (non-hydrogen) atoms. The van der Waals surface area contributed by atoms with Crippen LogP contribution < -0.4 is 14.5 Å². The quantitative estimate of drug-likeness (QED) is 0.926. The highest BCUT2D eigenvalue weighted by Crippen LogP contribution is 2.34. The molecule has 1 aliphatic heterocycles. The molecule has 0 aromatic heterocycles. The summed E-state index contributed by atoms with van der Waals surface area (Å²) >= 11 is 0. The summed E-state index contributed by atoms with van der Waals surface area (Å²) in [6.45, 7) is 2.98. The highest BCUT2D eigenvalue weighted by Gasteiger charge is 2.26. The van der Waals surface area contributed by atoms with Gasteiger partial charge in [0.25, 0.3) is 5.91 Å². The van der Waals surface area contributed by atoms with Gasteiger partial charge in [-0.05, 0) is 48.9 Å². The number of likely N-dealkylation sites (N-methyl/N-ethyl adjacent to an activating group) is 1. The monoisotopic (exact) mass is 340 g/mol. The van der Waals surface area contributed by atoms with E-state index >= 15 is 0 Å². The largest absolute Gasteiger partial charge is 0.482 e. The minimum Gasteiger partial charge on any atom is -0.482 e. The number of ether oxygens (including phenoxy) is 1. The number of anilines is 2. The van der Waals surface area contributed by atoms with E-state index in [1.807, 2.05) is 32.2 Å². The third kappa shape index (κ3) is 3.57. The van der Waals surface area contributed by atoms with Crippen molar-refractivity contribution in [2.24, 2.45) is 0 Å². The van der Waals surface area contributed by atoms with Gasteiger partial charge in [0, 0.05) is 25.7 Å². The number of rotatable bonds is 4. The molecule has 0 spiro atoms. The molecule has 0 aliphatic carbocycles. The summed E-state index contributed by atoms with van der Waals surface area (Å²) in [5.74, 6) is -0.692. The van der Waals surface area contributed by atoms with Crippen LogP contribution in [0.3, 0.4) is 0 Å². The predicted octanol–water partition coefficient (Wildman–Crippen LogP) is 2.56. The van der Waals surface area contributed by atoms with Crippen LogP contribution in [0.5, 0.6) is 5.75 Å². The Balaban J connectivity index is 1.83. The number of carboxylic acids is 1. The van der Waals surface area contributed by atoms with Crippen molar-refractivity contribution < 1.29 is 19.4 Å². The van der Waals surface area contributed by atoms with E-state index < -0.39 is 12.6 Å². The van der Waals surface area contributed by atoms with Crippen LogP contribution in [0.1, 0.15) is 15.9 Å². The average molecular weight is 340 g/mol. The van der Waals surface area contributed by atoms with Gasteiger partial charge in [-0.3, -0.25) is 4.79 Å². The maximum Gasteiger partial charge on any atom is 0.341 e. The van der Waals surface area contributed by atoms with Crippen LogP contribution in [0.25, 0.3) is 0 Å². The second-order valence-electron chi connectivity index (χ2n) is 6.08. The number of nitrogens with zero attached hydrogens (tertiary/aromatic N) is 2. The molecule has 2 aromatic carbocycles. The van der Waals surface area contributed by atoms with Gasteiger partial charge in [-0.25, -0.2) is 4.79 Å². The second-order valence-corrected chi connectivity index (χ2v) is 6.08. The first-order chi connectivity index (χ1) is 12.0. The number of hydrogen-bond donors (Lipinski definition) is 1. The first kappa shape index (κ1) is 16.8. The van der Waals surface area contributed by atoms with Crippen LogP contribution in [-0.2, 0) is 4.79 Å². The summed E-state index contributed by atoms with van der Waals surface area (Å²) in [5.41, 5.74) is 3.58. The van der Waals surface area contributed by atoms with Crippen LogP contribution in [0.4, 0.5) is 11.4 Å². The van der Waals surface area contributed by atoms with E-state index in [1.165, 1.54) is 0 Å². The molecule has 0 saturated carbocycles. The van der Waals surface area contributed by atoms with Crippen LogP contribution in [0, 0.1) is 6.92 Å². The van der Waals surface area contributed by atoms with Gasteiger partial charge in [0.1, 0.15) is 5.75 Å². The topological polar surface area (TPSA) is 70.1 Å². The van der Waals surface area contributed by atoms with Crippen molar-refractivity contribution in [3.8, 4) is 5.75 Å². The fourth-order valence-electron chi connectivity index (χ4n) is 2.87. The second kappa shape index (κ2) is 6.84. The zero-order valence-corrected chi connectivity index (χ0v) is 14.2. The zero-order chi connectivity index (χ0) is 18.0. The smallest absolute Gasteiger partial charge is 0.341 e. The van der Waals surface area contributed by atoms with Gasteiger partial charge in [0.15, 0.2) is 6.61 Å². The minimum absolute atomic E-state index is 0.0789. The van der Waals surface area contributed by atoms with Gasteiger partial charge < -0.3 is 19.6 Å². The number of hydrogen-bond acceptors (Lipinski definition) is 4. The Morgan fingerprint density at radius 1 is 1.08 bits per heavy atom. The van der Waals surface area contributed by atoms with E-state index in [-0.39, 0.29) is 5.91 Å². The Hall–Kier alpha value is -3.02. The van der Waals surface area contributed by atoms with Crippen molar-refractivity contribution in [2.45, 2.75) is 6.92 Å². The van der Waals surface area contributed by atoms with E-state index in [4.69, 9.17) is 9.84 Å². The standard InChI is InChI=1S/C19H20N2O4/c1-13-3-8-16-17(11-13)21(10-9-20(16)2)19(24)14-4-6-15(7-5-14)25-12-18(22)23/h3-8,11H,9-10,12H2,1-2H3,(H,22,23). The van der Waals surface area contributed by atoms with Crippen LogP contribution in [0.15, 0.2) is 42.5 Å². The van der Waals surface area contributed by atoms with E-state index in [2.05, 4.69) is 4.90 Å². The third-order valence-corrected chi connectivity index (χ3v) is 4.20. The number of benzene rings is 2. The van der Waals surface area contributed by atoms with Crippen LogP contribution in [0.2, 0.25) is 0 Å². The Bertz CT molecular complexity index is 802. The number of aliphatic carboxylic acids is 1. The molecule has 1 N–H and O–H groups in total. The molecule has 1 amide bonds. The van der Waals surface area contributed by atoms with Gasteiger partial charge in [0.05, 0.1) is 11.4 Å². The predicted molar refractivity (Wildman–Crippen MR) is 95.7 cm³/mol. The molecule has 6 heteroatoms. The lowest BCUT2D eigenvalue weighted by Gasteiger charge is -2.36. The fraction of sp³-hybridized carbons (Fsp3) is 0.263.